The molecular weight excluding hydrogens is 192 g/mol. The van der Waals surface area contributed by atoms with Gasteiger partial charge >= 0.3 is 6.03 Å². The Kier molecular flexibility index (Phi) is 3.76. The quantitative estimate of drug-likeness (QED) is 0.513. The first-order valence-corrected chi connectivity index (χ1v) is 4.57. The molecular formula is C8H11ClN2O2. The van der Waals surface area contributed by atoms with Crippen LogP contribution in [0.4, 0.5) is 4.79 Å². The Bertz CT molecular complexity index is 232. The number of carbonyl (C=O) groups is 2. The highest BCUT2D eigenvalue weighted by Crippen LogP contribution is 2.08. The van der Waals surface area contributed by atoms with Crippen molar-refractivity contribution in [2.45, 2.75) is 18.9 Å². The number of nitrogens with one attached hydrogen (secondary N) is 2. The molecule has 0 aromatic heterocycles. The molecule has 0 aromatic carbocycles. The molecule has 0 aromatic rings. The van der Waals surface area contributed by atoms with Gasteiger partial charge in [0, 0.05) is 6.04 Å². The van der Waals surface area contributed by atoms with Gasteiger partial charge in [0.15, 0.2) is 0 Å². The molecule has 5 heteroatoms. The Balaban J connectivity index is 2.21. The lowest BCUT2D eigenvalue weighted by Gasteiger charge is -2.11. The first-order valence-electron chi connectivity index (χ1n) is 4.03. The number of hydrogen-bond acceptors (Lipinski definition) is 2. The first kappa shape index (κ1) is 10.1. The number of imide groups is 1. The molecule has 0 spiro atoms. The van der Waals surface area contributed by atoms with Crippen molar-refractivity contribution in [2.75, 3.05) is 5.88 Å². The minimum absolute atomic E-state index is 0.114. The van der Waals surface area contributed by atoms with Crippen LogP contribution in [0.25, 0.3) is 0 Å². The van der Waals surface area contributed by atoms with Crippen LogP contribution in [0.5, 0.6) is 0 Å². The second-order valence-corrected chi connectivity index (χ2v) is 3.06. The van der Waals surface area contributed by atoms with Gasteiger partial charge in [-0.1, -0.05) is 12.2 Å². The summed E-state index contributed by atoms with van der Waals surface area (Å²) in [4.78, 5) is 21.7. The molecule has 72 valence electrons. The van der Waals surface area contributed by atoms with Crippen molar-refractivity contribution in [3.8, 4) is 0 Å². The molecule has 0 unspecified atom stereocenters. The molecule has 0 fully saturated rings. The predicted octanol–water partition coefficient (Wildman–Crippen LogP) is 0.770. The first-order chi connectivity index (χ1) is 6.22. The van der Waals surface area contributed by atoms with Gasteiger partial charge in [-0.2, -0.15) is 0 Å². The fraction of sp³-hybridized carbons (Fsp3) is 0.500. The highest BCUT2D eigenvalue weighted by atomic mass is 35.5. The van der Waals surface area contributed by atoms with Gasteiger partial charge in [-0.15, -0.1) is 11.6 Å². The van der Waals surface area contributed by atoms with E-state index in [1.54, 1.807) is 0 Å². The van der Waals surface area contributed by atoms with Crippen molar-refractivity contribution >= 4 is 23.5 Å². The van der Waals surface area contributed by atoms with Crippen LogP contribution >= 0.6 is 11.6 Å². The Morgan fingerprint density at radius 2 is 2.00 bits per heavy atom. The SMILES string of the molecule is O=C(CCl)NC(=O)NC1CC=CC1. The van der Waals surface area contributed by atoms with E-state index in [1.165, 1.54) is 0 Å². The van der Waals surface area contributed by atoms with E-state index in [0.717, 1.165) is 12.8 Å². The van der Waals surface area contributed by atoms with Crippen molar-refractivity contribution in [3.63, 3.8) is 0 Å². The molecule has 0 bridgehead atoms. The van der Waals surface area contributed by atoms with Crippen molar-refractivity contribution in [3.05, 3.63) is 12.2 Å². The molecule has 1 aliphatic carbocycles. The van der Waals surface area contributed by atoms with Crippen LogP contribution in [0, 0.1) is 0 Å². The largest absolute Gasteiger partial charge is 0.334 e. The highest BCUT2D eigenvalue weighted by Gasteiger charge is 2.14. The number of amides is 3. The maximum Gasteiger partial charge on any atom is 0.321 e. The van der Waals surface area contributed by atoms with Crippen molar-refractivity contribution in [2.24, 2.45) is 0 Å². The molecule has 0 saturated carbocycles. The van der Waals surface area contributed by atoms with Gasteiger partial charge in [0.2, 0.25) is 5.91 Å². The summed E-state index contributed by atoms with van der Waals surface area (Å²) in [5.74, 6) is -0.679. The molecule has 13 heavy (non-hydrogen) atoms. The van der Waals surface area contributed by atoms with Crippen molar-refractivity contribution in [1.29, 1.82) is 0 Å². The second kappa shape index (κ2) is 4.87. The summed E-state index contributed by atoms with van der Waals surface area (Å²) in [5, 5.41) is 4.76. The third-order valence-corrected chi connectivity index (χ3v) is 1.96. The molecule has 3 amide bonds. The zero-order chi connectivity index (χ0) is 9.68. The van der Waals surface area contributed by atoms with E-state index < -0.39 is 11.9 Å². The predicted molar refractivity (Wildman–Crippen MR) is 49.6 cm³/mol. The van der Waals surface area contributed by atoms with Gasteiger partial charge in [0.1, 0.15) is 5.88 Å². The van der Waals surface area contributed by atoms with E-state index in [2.05, 4.69) is 10.6 Å². The maximum absolute atomic E-state index is 11.0. The number of urea groups is 1. The van der Waals surface area contributed by atoms with Gasteiger partial charge in [0.05, 0.1) is 0 Å². The van der Waals surface area contributed by atoms with Crippen LogP contribution in [-0.4, -0.2) is 23.9 Å². The smallest absolute Gasteiger partial charge is 0.321 e. The summed E-state index contributed by atoms with van der Waals surface area (Å²) in [7, 11) is 0. The van der Waals surface area contributed by atoms with Crippen molar-refractivity contribution in [1.82, 2.24) is 10.6 Å². The van der Waals surface area contributed by atoms with Crippen LogP contribution in [0.2, 0.25) is 0 Å². The molecule has 0 heterocycles. The van der Waals surface area contributed by atoms with Crippen LogP contribution in [-0.2, 0) is 4.79 Å². The summed E-state index contributed by atoms with van der Waals surface area (Å²) < 4.78 is 0. The fourth-order valence-corrected chi connectivity index (χ4v) is 1.18. The molecule has 0 saturated heterocycles. The number of hydrogen-bond donors (Lipinski definition) is 2. The Morgan fingerprint density at radius 1 is 1.38 bits per heavy atom. The lowest BCUT2D eigenvalue weighted by molar-refractivity contribution is -0.117. The lowest BCUT2D eigenvalue weighted by Crippen LogP contribution is -2.44. The fourth-order valence-electron chi connectivity index (χ4n) is 1.12. The van der Waals surface area contributed by atoms with Crippen LogP contribution in [0.1, 0.15) is 12.8 Å². The van der Waals surface area contributed by atoms with Gasteiger partial charge in [-0.3, -0.25) is 10.1 Å². The standard InChI is InChI=1S/C8H11ClN2O2/c9-5-7(12)11-8(13)10-6-3-1-2-4-6/h1-2,6H,3-5H2,(H2,10,11,12,13). The topological polar surface area (TPSA) is 58.2 Å². The van der Waals surface area contributed by atoms with E-state index in [9.17, 15) is 9.59 Å². The zero-order valence-electron chi connectivity index (χ0n) is 7.05. The summed E-state index contributed by atoms with van der Waals surface area (Å²) in [6.45, 7) is 0. The Hall–Kier alpha value is -1.03. The van der Waals surface area contributed by atoms with E-state index in [1.807, 2.05) is 12.2 Å². The number of carbonyl (C=O) groups excluding carboxylic acids is 2. The monoisotopic (exact) mass is 202 g/mol. The summed E-state index contributed by atoms with van der Waals surface area (Å²) in [5.41, 5.74) is 0. The third-order valence-electron chi connectivity index (χ3n) is 1.72. The average molecular weight is 203 g/mol. The lowest BCUT2D eigenvalue weighted by atomic mass is 10.2. The third kappa shape index (κ3) is 3.46. The molecule has 2 N–H and O–H groups in total. The van der Waals surface area contributed by atoms with Gasteiger partial charge in [-0.05, 0) is 12.8 Å². The van der Waals surface area contributed by atoms with E-state index in [4.69, 9.17) is 11.6 Å². The van der Waals surface area contributed by atoms with E-state index in [-0.39, 0.29) is 11.9 Å². The van der Waals surface area contributed by atoms with Crippen LogP contribution in [0.3, 0.4) is 0 Å². The molecule has 0 aliphatic heterocycles. The van der Waals surface area contributed by atoms with Gasteiger partial charge < -0.3 is 5.32 Å². The van der Waals surface area contributed by atoms with Crippen LogP contribution < -0.4 is 10.6 Å². The zero-order valence-corrected chi connectivity index (χ0v) is 7.80. The Labute approximate surface area is 81.3 Å². The molecule has 1 aliphatic rings. The number of rotatable bonds is 2. The number of halogens is 1. The normalized spacial score (nSPS) is 15.8. The van der Waals surface area contributed by atoms with Crippen molar-refractivity contribution < 1.29 is 9.59 Å². The minimum Gasteiger partial charge on any atom is -0.334 e. The van der Waals surface area contributed by atoms with E-state index in [0.29, 0.717) is 0 Å². The van der Waals surface area contributed by atoms with Gasteiger partial charge in [0.25, 0.3) is 0 Å². The average Bonchev–Trinajstić information content (AvgIpc) is 2.56. The van der Waals surface area contributed by atoms with E-state index >= 15 is 0 Å². The second-order valence-electron chi connectivity index (χ2n) is 2.80. The van der Waals surface area contributed by atoms with Crippen LogP contribution in [0.15, 0.2) is 12.2 Å². The van der Waals surface area contributed by atoms with Gasteiger partial charge in [-0.25, -0.2) is 4.79 Å². The summed E-state index contributed by atoms with van der Waals surface area (Å²) >= 11 is 5.21. The summed E-state index contributed by atoms with van der Waals surface area (Å²) in [6.07, 6.45) is 5.63. The maximum atomic E-state index is 11.0. The number of alkyl halides is 1. The molecule has 0 atom stereocenters. The Morgan fingerprint density at radius 3 is 2.54 bits per heavy atom. The molecule has 0 radical (unpaired) electrons. The molecule has 1 rings (SSSR count). The molecule has 4 nitrogen and oxygen atoms in total. The highest BCUT2D eigenvalue weighted by molar-refractivity contribution is 6.28. The minimum atomic E-state index is -0.481. The summed E-state index contributed by atoms with van der Waals surface area (Å²) in [6, 6.07) is -0.359.